The molecule has 14 heavy (non-hydrogen) atoms. The molecule has 0 saturated heterocycles. The lowest BCUT2D eigenvalue weighted by molar-refractivity contribution is -0.00000241. The van der Waals surface area contributed by atoms with Crippen molar-refractivity contribution in [1.29, 1.82) is 0 Å². The van der Waals surface area contributed by atoms with Gasteiger partial charge in [-0.05, 0) is 11.8 Å². The van der Waals surface area contributed by atoms with Crippen LogP contribution in [0.1, 0.15) is 0 Å². The number of benzene rings is 1. The third-order valence-corrected chi connectivity index (χ3v) is 5.31. The maximum Gasteiger partial charge on any atom is 0.293 e. The summed E-state index contributed by atoms with van der Waals surface area (Å²) in [4.78, 5) is 0. The van der Waals surface area contributed by atoms with Crippen LogP contribution in [0.3, 0.4) is 0 Å². The summed E-state index contributed by atoms with van der Waals surface area (Å²) < 4.78 is 1.41. The zero-order valence-electron chi connectivity index (χ0n) is 7.57. The fraction of sp³-hybridized carbons (Fsp3) is 0.100. The minimum Gasteiger partial charge on any atom is -1.00 e. The van der Waals surface area contributed by atoms with Crippen molar-refractivity contribution in [1.82, 2.24) is 0 Å². The van der Waals surface area contributed by atoms with Crippen LogP contribution in [0.15, 0.2) is 39.9 Å². The predicted molar refractivity (Wildman–Crippen MR) is 63.8 cm³/mol. The van der Waals surface area contributed by atoms with Crippen LogP contribution in [0.25, 0.3) is 11.1 Å². The summed E-state index contributed by atoms with van der Waals surface area (Å²) in [6.45, 7) is 0. The largest absolute Gasteiger partial charge is 1.00 e. The van der Waals surface area contributed by atoms with Gasteiger partial charge in [0.05, 0.1) is 5.56 Å². The van der Waals surface area contributed by atoms with Gasteiger partial charge in [-0.1, -0.05) is 30.3 Å². The Morgan fingerprint density at radius 2 is 1.93 bits per heavy atom. The molecule has 1 heterocycles. The van der Waals surface area contributed by atoms with E-state index in [1.807, 2.05) is 22.1 Å². The minimum atomic E-state index is 0. The van der Waals surface area contributed by atoms with Crippen molar-refractivity contribution in [3.05, 3.63) is 35.7 Å². The molecule has 0 amide bonds. The van der Waals surface area contributed by atoms with Crippen LogP contribution in [0.5, 0.6) is 0 Å². The number of thioether (sulfide) groups is 1. The Morgan fingerprint density at radius 1 is 1.21 bits per heavy atom. The Morgan fingerprint density at radius 3 is 2.57 bits per heavy atom. The molecule has 1 aromatic carbocycles. The first-order valence-electron chi connectivity index (χ1n) is 3.92. The van der Waals surface area contributed by atoms with E-state index in [-0.39, 0.29) is 24.0 Å². The van der Waals surface area contributed by atoms with Crippen LogP contribution in [0.4, 0.5) is 0 Å². The minimum absolute atomic E-state index is 0. The van der Waals surface area contributed by atoms with Gasteiger partial charge in [0.15, 0.2) is 10.3 Å². The summed E-state index contributed by atoms with van der Waals surface area (Å²) in [6, 6.07) is 10.5. The van der Waals surface area contributed by atoms with Crippen molar-refractivity contribution in [2.75, 3.05) is 6.26 Å². The van der Waals surface area contributed by atoms with Gasteiger partial charge < -0.3 is 24.0 Å². The molecule has 1 aromatic heterocycles. The van der Waals surface area contributed by atoms with Crippen molar-refractivity contribution < 1.29 is 24.0 Å². The first-order chi connectivity index (χ1) is 6.42. The molecule has 0 bridgehead atoms. The summed E-state index contributed by atoms with van der Waals surface area (Å²) >= 11 is 1.83. The highest BCUT2D eigenvalue weighted by atomic mass is 127. The van der Waals surface area contributed by atoms with Crippen molar-refractivity contribution in [2.24, 2.45) is 0 Å². The Labute approximate surface area is 113 Å². The maximum absolute atomic E-state index is 2.23. The van der Waals surface area contributed by atoms with Crippen molar-refractivity contribution >= 4 is 32.4 Å². The van der Waals surface area contributed by atoms with E-state index in [1.54, 1.807) is 10.3 Å². The van der Waals surface area contributed by atoms with Gasteiger partial charge in [0.25, 0.3) is 10.3 Å². The molecular weight excluding hydrogens is 343 g/mol. The maximum atomic E-state index is 2.23. The van der Waals surface area contributed by atoms with Crippen molar-refractivity contribution in [3.63, 3.8) is 0 Å². The van der Waals surface area contributed by atoms with E-state index < -0.39 is 0 Å². The lowest BCUT2D eigenvalue weighted by Gasteiger charge is -1.95. The van der Waals surface area contributed by atoms with Gasteiger partial charge in [-0.15, -0.1) is 11.8 Å². The lowest BCUT2D eigenvalue weighted by atomic mass is 10.1. The topological polar surface area (TPSA) is 0 Å². The van der Waals surface area contributed by atoms with E-state index >= 15 is 0 Å². The van der Waals surface area contributed by atoms with Gasteiger partial charge in [0, 0.05) is 0 Å². The third kappa shape index (κ3) is 2.68. The number of hydrogen-bond donors (Lipinski definition) is 0. The van der Waals surface area contributed by atoms with Crippen LogP contribution in [0.2, 0.25) is 0 Å². The Bertz CT molecular complexity index is 383. The summed E-state index contributed by atoms with van der Waals surface area (Å²) in [6.07, 6.45) is 2.13. The molecule has 4 heteroatoms. The normalized spacial score (nSPS) is 9.50. The second-order valence-electron chi connectivity index (χ2n) is 2.57. The Hall–Kier alpha value is 0.350. The number of halogens is 1. The number of hydrogen-bond acceptors (Lipinski definition) is 2. The lowest BCUT2D eigenvalue weighted by Crippen LogP contribution is -3.00. The first-order valence-corrected chi connectivity index (χ1v) is 7.36. The van der Waals surface area contributed by atoms with Crippen molar-refractivity contribution in [3.8, 4) is 11.1 Å². The standard InChI is InChI=1S/C10H9S3.HI/c1-11-10-9(7-12-13-10)8-5-3-2-4-6-8;/h2-7H,1H3;1H/q+1;/p-1. The van der Waals surface area contributed by atoms with E-state index in [9.17, 15) is 0 Å². The second kappa shape index (κ2) is 6.05. The molecule has 0 atom stereocenters. The molecule has 2 aromatic rings. The SMILES string of the molecule is CSc1s[s+]cc1-c1ccccc1.[I-]. The molecule has 74 valence electrons. The number of rotatable bonds is 2. The van der Waals surface area contributed by atoms with E-state index in [2.05, 4.69) is 42.0 Å². The summed E-state index contributed by atoms with van der Waals surface area (Å²) in [5, 5.41) is 2.23. The van der Waals surface area contributed by atoms with Gasteiger partial charge in [-0.3, -0.25) is 0 Å². The zero-order chi connectivity index (χ0) is 9.10. The fourth-order valence-corrected chi connectivity index (χ4v) is 4.66. The van der Waals surface area contributed by atoms with Crippen LogP contribution in [-0.4, -0.2) is 6.26 Å². The second-order valence-corrected chi connectivity index (χ2v) is 5.72. The summed E-state index contributed by atoms with van der Waals surface area (Å²) in [5.74, 6) is 0. The van der Waals surface area contributed by atoms with Crippen LogP contribution in [0, 0.1) is 0 Å². The molecule has 0 aliphatic heterocycles. The average Bonchev–Trinajstić information content (AvgIpc) is 2.67. The highest BCUT2D eigenvalue weighted by Crippen LogP contribution is 2.37. The Balaban J connectivity index is 0.000000980. The zero-order valence-corrected chi connectivity index (χ0v) is 12.2. The van der Waals surface area contributed by atoms with Crippen molar-refractivity contribution in [2.45, 2.75) is 4.21 Å². The molecule has 0 fully saturated rings. The molecular formula is C10H9IS3. The molecule has 0 radical (unpaired) electrons. The first kappa shape index (κ1) is 12.4. The van der Waals surface area contributed by atoms with E-state index in [1.165, 1.54) is 15.3 Å². The Kier molecular flexibility index (Phi) is 5.36. The van der Waals surface area contributed by atoms with Gasteiger partial charge in [-0.2, -0.15) is 0 Å². The third-order valence-electron chi connectivity index (χ3n) is 1.78. The highest BCUT2D eigenvalue weighted by Gasteiger charge is 2.13. The molecule has 0 saturated carbocycles. The fourth-order valence-electron chi connectivity index (χ4n) is 1.16. The molecule has 0 spiro atoms. The van der Waals surface area contributed by atoms with E-state index in [4.69, 9.17) is 0 Å². The van der Waals surface area contributed by atoms with Gasteiger partial charge in [0.2, 0.25) is 5.38 Å². The monoisotopic (exact) mass is 352 g/mol. The molecule has 0 aliphatic rings. The van der Waals surface area contributed by atoms with Gasteiger partial charge in [-0.25, -0.2) is 0 Å². The average molecular weight is 352 g/mol. The molecule has 0 aliphatic carbocycles. The van der Waals surface area contributed by atoms with Crippen LogP contribution >= 0.6 is 32.4 Å². The molecule has 0 nitrogen and oxygen atoms in total. The molecule has 2 rings (SSSR count). The smallest absolute Gasteiger partial charge is 0.293 e. The molecule has 0 unspecified atom stereocenters. The van der Waals surface area contributed by atoms with E-state index in [0.717, 1.165) is 0 Å². The van der Waals surface area contributed by atoms with Crippen LogP contribution < -0.4 is 24.0 Å². The van der Waals surface area contributed by atoms with E-state index in [0.29, 0.717) is 0 Å². The summed E-state index contributed by atoms with van der Waals surface area (Å²) in [7, 11) is 3.66. The van der Waals surface area contributed by atoms with Gasteiger partial charge in [0.1, 0.15) is 4.21 Å². The predicted octanol–water partition coefficient (Wildman–Crippen LogP) is 1.48. The molecule has 0 N–H and O–H groups in total. The highest BCUT2D eigenvalue weighted by molar-refractivity contribution is 8.02. The van der Waals surface area contributed by atoms with Gasteiger partial charge >= 0.3 is 0 Å². The van der Waals surface area contributed by atoms with Crippen LogP contribution in [-0.2, 0) is 0 Å². The summed E-state index contributed by atoms with van der Waals surface area (Å²) in [5.41, 5.74) is 2.70. The quantitative estimate of drug-likeness (QED) is 0.342.